The van der Waals surface area contributed by atoms with Gasteiger partial charge in [-0.05, 0) is 32.7 Å². The lowest BCUT2D eigenvalue weighted by Crippen LogP contribution is -2.57. The molecule has 1 heterocycles. The summed E-state index contributed by atoms with van der Waals surface area (Å²) < 4.78 is 0. The standard InChI is InChI=1S/C13H27N3O/c1-10(2)5-6-11(3)15-13(17)9-16(4)12-7-14-8-12/h10-12,14H,5-9H2,1-4H3,(H,15,17). The molecule has 0 aromatic carbocycles. The van der Waals surface area contributed by atoms with E-state index >= 15 is 0 Å². The third-order valence-electron chi connectivity index (χ3n) is 3.36. The minimum absolute atomic E-state index is 0.149. The van der Waals surface area contributed by atoms with Crippen LogP contribution >= 0.6 is 0 Å². The SMILES string of the molecule is CC(C)CCC(C)NC(=O)CN(C)C1CNC1. The van der Waals surface area contributed by atoms with Crippen LogP contribution in [0.3, 0.4) is 0 Å². The van der Waals surface area contributed by atoms with E-state index < -0.39 is 0 Å². The number of nitrogens with one attached hydrogen (secondary N) is 2. The quantitative estimate of drug-likeness (QED) is 0.694. The Morgan fingerprint density at radius 3 is 2.47 bits per heavy atom. The van der Waals surface area contributed by atoms with Gasteiger partial charge < -0.3 is 10.6 Å². The molecule has 0 aliphatic carbocycles. The summed E-state index contributed by atoms with van der Waals surface area (Å²) in [7, 11) is 2.02. The van der Waals surface area contributed by atoms with Crippen LogP contribution in [-0.2, 0) is 4.79 Å². The molecule has 4 heteroatoms. The van der Waals surface area contributed by atoms with E-state index in [2.05, 4.69) is 36.3 Å². The van der Waals surface area contributed by atoms with Crippen LogP contribution in [0.25, 0.3) is 0 Å². The van der Waals surface area contributed by atoms with Gasteiger partial charge in [0.05, 0.1) is 6.54 Å². The minimum atomic E-state index is 0.149. The maximum Gasteiger partial charge on any atom is 0.234 e. The van der Waals surface area contributed by atoms with E-state index in [0.717, 1.165) is 19.5 Å². The van der Waals surface area contributed by atoms with Crippen molar-refractivity contribution >= 4 is 5.91 Å². The van der Waals surface area contributed by atoms with Gasteiger partial charge in [-0.15, -0.1) is 0 Å². The highest BCUT2D eigenvalue weighted by Crippen LogP contribution is 2.06. The highest BCUT2D eigenvalue weighted by molar-refractivity contribution is 5.78. The van der Waals surface area contributed by atoms with Crippen molar-refractivity contribution in [3.63, 3.8) is 0 Å². The Morgan fingerprint density at radius 1 is 1.35 bits per heavy atom. The summed E-state index contributed by atoms with van der Waals surface area (Å²) in [6.45, 7) is 9.04. The molecule has 1 saturated heterocycles. The number of carbonyl (C=O) groups is 1. The molecule has 0 spiro atoms. The summed E-state index contributed by atoms with van der Waals surface area (Å²) in [5.41, 5.74) is 0. The van der Waals surface area contributed by atoms with Gasteiger partial charge in [-0.25, -0.2) is 0 Å². The molecule has 100 valence electrons. The van der Waals surface area contributed by atoms with Gasteiger partial charge in [0.1, 0.15) is 0 Å². The molecular formula is C13H27N3O. The average Bonchev–Trinajstić information content (AvgIpc) is 2.11. The van der Waals surface area contributed by atoms with Crippen molar-refractivity contribution in [3.8, 4) is 0 Å². The lowest BCUT2D eigenvalue weighted by atomic mass is 10.0. The molecule has 1 aliphatic rings. The smallest absolute Gasteiger partial charge is 0.234 e. The van der Waals surface area contributed by atoms with Crippen LogP contribution in [0.1, 0.15) is 33.6 Å². The maximum atomic E-state index is 11.8. The van der Waals surface area contributed by atoms with Gasteiger partial charge in [-0.3, -0.25) is 9.69 Å². The number of hydrogen-bond acceptors (Lipinski definition) is 3. The number of hydrogen-bond donors (Lipinski definition) is 2. The van der Waals surface area contributed by atoms with E-state index in [4.69, 9.17) is 0 Å². The second-order valence-electron chi connectivity index (χ2n) is 5.67. The molecule has 1 unspecified atom stereocenters. The summed E-state index contributed by atoms with van der Waals surface area (Å²) in [5.74, 6) is 0.855. The number of rotatable bonds is 7. The van der Waals surface area contributed by atoms with E-state index in [0.29, 0.717) is 18.5 Å². The summed E-state index contributed by atoms with van der Waals surface area (Å²) >= 11 is 0. The average molecular weight is 241 g/mol. The normalized spacial score (nSPS) is 18.2. The van der Waals surface area contributed by atoms with Crippen LogP contribution in [0.5, 0.6) is 0 Å². The molecule has 0 radical (unpaired) electrons. The topological polar surface area (TPSA) is 44.4 Å². The fourth-order valence-electron chi connectivity index (χ4n) is 1.92. The molecule has 1 fully saturated rings. The molecule has 0 bridgehead atoms. The van der Waals surface area contributed by atoms with Crippen molar-refractivity contribution < 1.29 is 4.79 Å². The zero-order valence-electron chi connectivity index (χ0n) is 11.6. The molecule has 1 aliphatic heterocycles. The van der Waals surface area contributed by atoms with Crippen molar-refractivity contribution in [2.45, 2.75) is 45.7 Å². The zero-order valence-corrected chi connectivity index (χ0v) is 11.6. The number of carbonyl (C=O) groups excluding carboxylic acids is 1. The van der Waals surface area contributed by atoms with E-state index in [-0.39, 0.29) is 11.9 Å². The third kappa shape index (κ3) is 5.50. The van der Waals surface area contributed by atoms with Crippen molar-refractivity contribution in [3.05, 3.63) is 0 Å². The third-order valence-corrected chi connectivity index (χ3v) is 3.36. The predicted molar refractivity (Wildman–Crippen MR) is 71.0 cm³/mol. The molecule has 1 amide bonds. The van der Waals surface area contributed by atoms with E-state index in [1.807, 2.05) is 7.05 Å². The molecule has 1 atom stereocenters. The van der Waals surface area contributed by atoms with Crippen LogP contribution in [0.2, 0.25) is 0 Å². The zero-order chi connectivity index (χ0) is 12.8. The van der Waals surface area contributed by atoms with Crippen LogP contribution in [0.4, 0.5) is 0 Å². The molecule has 17 heavy (non-hydrogen) atoms. The first-order chi connectivity index (χ1) is 7.99. The predicted octanol–water partition coefficient (Wildman–Crippen LogP) is 0.831. The fraction of sp³-hybridized carbons (Fsp3) is 0.923. The first kappa shape index (κ1) is 14.5. The highest BCUT2D eigenvalue weighted by atomic mass is 16.2. The Bertz CT molecular complexity index is 239. The van der Waals surface area contributed by atoms with Gasteiger partial charge in [0, 0.05) is 25.2 Å². The van der Waals surface area contributed by atoms with Crippen molar-refractivity contribution in [2.75, 3.05) is 26.7 Å². The lowest BCUT2D eigenvalue weighted by Gasteiger charge is -2.35. The first-order valence-electron chi connectivity index (χ1n) is 6.69. The van der Waals surface area contributed by atoms with Crippen LogP contribution in [0, 0.1) is 5.92 Å². The van der Waals surface area contributed by atoms with Crippen molar-refractivity contribution in [1.29, 1.82) is 0 Å². The van der Waals surface area contributed by atoms with Crippen LogP contribution in [0.15, 0.2) is 0 Å². The molecule has 0 saturated carbocycles. The molecular weight excluding hydrogens is 214 g/mol. The summed E-state index contributed by atoms with van der Waals surface area (Å²) in [6, 6.07) is 0.824. The Labute approximate surface area is 105 Å². The minimum Gasteiger partial charge on any atom is -0.353 e. The van der Waals surface area contributed by atoms with E-state index in [1.165, 1.54) is 6.42 Å². The molecule has 4 nitrogen and oxygen atoms in total. The second kappa shape index (κ2) is 6.97. The Kier molecular flexibility index (Phi) is 5.92. The number of amides is 1. The van der Waals surface area contributed by atoms with Crippen LogP contribution < -0.4 is 10.6 Å². The fourth-order valence-corrected chi connectivity index (χ4v) is 1.92. The molecule has 0 aromatic rings. The van der Waals surface area contributed by atoms with Gasteiger partial charge in [0.15, 0.2) is 0 Å². The number of likely N-dealkylation sites (N-methyl/N-ethyl adjacent to an activating group) is 1. The van der Waals surface area contributed by atoms with Gasteiger partial charge in [-0.2, -0.15) is 0 Å². The Hall–Kier alpha value is -0.610. The van der Waals surface area contributed by atoms with E-state index in [1.54, 1.807) is 0 Å². The van der Waals surface area contributed by atoms with Gasteiger partial charge in [0.25, 0.3) is 0 Å². The first-order valence-corrected chi connectivity index (χ1v) is 6.69. The molecule has 0 aromatic heterocycles. The van der Waals surface area contributed by atoms with E-state index in [9.17, 15) is 4.79 Å². The maximum absolute atomic E-state index is 11.8. The van der Waals surface area contributed by atoms with Gasteiger partial charge >= 0.3 is 0 Å². The molecule has 1 rings (SSSR count). The van der Waals surface area contributed by atoms with Gasteiger partial charge in [0.2, 0.25) is 5.91 Å². The lowest BCUT2D eigenvalue weighted by molar-refractivity contribution is -0.123. The summed E-state index contributed by atoms with van der Waals surface area (Å²) in [6.07, 6.45) is 2.24. The van der Waals surface area contributed by atoms with Gasteiger partial charge in [-0.1, -0.05) is 13.8 Å². The Morgan fingerprint density at radius 2 is 2.00 bits per heavy atom. The van der Waals surface area contributed by atoms with Crippen molar-refractivity contribution in [1.82, 2.24) is 15.5 Å². The molecule has 2 N–H and O–H groups in total. The second-order valence-corrected chi connectivity index (χ2v) is 5.67. The van der Waals surface area contributed by atoms with Crippen molar-refractivity contribution in [2.24, 2.45) is 5.92 Å². The Balaban J connectivity index is 2.14. The largest absolute Gasteiger partial charge is 0.353 e. The number of nitrogens with zero attached hydrogens (tertiary/aromatic N) is 1. The summed E-state index contributed by atoms with van der Waals surface area (Å²) in [5, 5.41) is 6.28. The highest BCUT2D eigenvalue weighted by Gasteiger charge is 2.23. The summed E-state index contributed by atoms with van der Waals surface area (Å²) in [4.78, 5) is 13.9. The monoisotopic (exact) mass is 241 g/mol. The van der Waals surface area contributed by atoms with Crippen LogP contribution in [-0.4, -0.2) is 49.6 Å².